The van der Waals surface area contributed by atoms with Gasteiger partial charge in [0.2, 0.25) is 5.91 Å². The number of fused-ring (bicyclic) bond motifs is 1. The summed E-state index contributed by atoms with van der Waals surface area (Å²) >= 11 is 7.28. The molecule has 4 rings (SSSR count). The number of aromatic nitrogens is 2. The molecule has 2 aromatic carbocycles. The van der Waals surface area contributed by atoms with Gasteiger partial charge in [0.1, 0.15) is 5.75 Å². The fourth-order valence-corrected chi connectivity index (χ4v) is 4.02. The van der Waals surface area contributed by atoms with E-state index in [0.717, 1.165) is 12.1 Å². The molecular weight excluding hydrogens is 398 g/mol. The quantitative estimate of drug-likeness (QED) is 0.557. The molecule has 1 aromatic heterocycles. The van der Waals surface area contributed by atoms with Crippen LogP contribution in [0.2, 0.25) is 5.02 Å². The molecule has 6 nitrogen and oxygen atoms in total. The Kier molecular flexibility index (Phi) is 5.54. The molecule has 0 saturated heterocycles. The minimum Gasteiger partial charge on any atom is -0.482 e. The van der Waals surface area contributed by atoms with Gasteiger partial charge in [-0.2, -0.15) is 0 Å². The molecule has 1 aliphatic rings. The van der Waals surface area contributed by atoms with Gasteiger partial charge in [0.15, 0.2) is 6.61 Å². The van der Waals surface area contributed by atoms with Crippen LogP contribution in [-0.4, -0.2) is 27.9 Å². The SMILES string of the molecule is C[C@@H]1Cc2ccccc2N1C(=O)CSc1nnc(COc2ccccc2Cl)o1. The van der Waals surface area contributed by atoms with Crippen molar-refractivity contribution in [1.82, 2.24) is 10.2 Å². The molecule has 0 fully saturated rings. The number of carbonyl (C=O) groups is 1. The third kappa shape index (κ3) is 4.00. The Morgan fingerprint density at radius 1 is 1.25 bits per heavy atom. The summed E-state index contributed by atoms with van der Waals surface area (Å²) in [5, 5.41) is 8.79. The monoisotopic (exact) mass is 415 g/mol. The maximum Gasteiger partial charge on any atom is 0.277 e. The number of halogens is 1. The molecule has 8 heteroatoms. The smallest absolute Gasteiger partial charge is 0.277 e. The molecule has 0 saturated carbocycles. The molecule has 28 heavy (non-hydrogen) atoms. The first-order valence-electron chi connectivity index (χ1n) is 8.84. The van der Waals surface area contributed by atoms with E-state index in [-0.39, 0.29) is 24.3 Å². The van der Waals surface area contributed by atoms with Crippen molar-refractivity contribution in [3.8, 4) is 5.75 Å². The van der Waals surface area contributed by atoms with E-state index < -0.39 is 0 Å². The third-order valence-corrected chi connectivity index (χ3v) is 5.55. The van der Waals surface area contributed by atoms with E-state index in [1.807, 2.05) is 35.2 Å². The predicted octanol–water partition coefficient (Wildman–Crippen LogP) is 4.37. The summed E-state index contributed by atoms with van der Waals surface area (Å²) in [5.41, 5.74) is 2.19. The van der Waals surface area contributed by atoms with E-state index in [1.165, 1.54) is 17.3 Å². The molecule has 0 bridgehead atoms. The number of hydrogen-bond acceptors (Lipinski definition) is 6. The van der Waals surface area contributed by atoms with Crippen molar-refractivity contribution in [2.24, 2.45) is 0 Å². The first-order chi connectivity index (χ1) is 13.6. The molecule has 0 unspecified atom stereocenters. The average Bonchev–Trinajstić information content (AvgIpc) is 3.28. The van der Waals surface area contributed by atoms with Crippen molar-refractivity contribution in [2.75, 3.05) is 10.7 Å². The van der Waals surface area contributed by atoms with Crippen molar-refractivity contribution < 1.29 is 13.9 Å². The Morgan fingerprint density at radius 3 is 2.89 bits per heavy atom. The van der Waals surface area contributed by atoms with E-state index in [2.05, 4.69) is 23.2 Å². The van der Waals surface area contributed by atoms with Crippen LogP contribution in [0.15, 0.2) is 58.2 Å². The summed E-state index contributed by atoms with van der Waals surface area (Å²) in [7, 11) is 0. The van der Waals surface area contributed by atoms with Crippen molar-refractivity contribution in [1.29, 1.82) is 0 Å². The van der Waals surface area contributed by atoms with Crippen LogP contribution >= 0.6 is 23.4 Å². The number of hydrogen-bond donors (Lipinski definition) is 0. The van der Waals surface area contributed by atoms with E-state index in [1.54, 1.807) is 12.1 Å². The van der Waals surface area contributed by atoms with Gasteiger partial charge < -0.3 is 14.1 Å². The van der Waals surface area contributed by atoms with Gasteiger partial charge in [0.25, 0.3) is 11.1 Å². The molecule has 0 spiro atoms. The topological polar surface area (TPSA) is 68.5 Å². The molecule has 0 N–H and O–H groups in total. The molecule has 0 aliphatic carbocycles. The highest BCUT2D eigenvalue weighted by molar-refractivity contribution is 7.99. The number of anilines is 1. The van der Waals surface area contributed by atoms with Gasteiger partial charge in [0.05, 0.1) is 10.8 Å². The van der Waals surface area contributed by atoms with Crippen LogP contribution in [-0.2, 0) is 17.8 Å². The Morgan fingerprint density at radius 2 is 2.04 bits per heavy atom. The Hall–Kier alpha value is -2.51. The Balaban J connectivity index is 1.33. The summed E-state index contributed by atoms with van der Waals surface area (Å²) in [4.78, 5) is 14.6. The van der Waals surface area contributed by atoms with Crippen LogP contribution in [0.3, 0.4) is 0 Å². The highest BCUT2D eigenvalue weighted by Crippen LogP contribution is 2.32. The molecule has 1 aliphatic heterocycles. The van der Waals surface area contributed by atoms with Crippen LogP contribution in [0, 0.1) is 0 Å². The highest BCUT2D eigenvalue weighted by atomic mass is 35.5. The molecule has 0 radical (unpaired) electrons. The lowest BCUT2D eigenvalue weighted by molar-refractivity contribution is -0.116. The van der Waals surface area contributed by atoms with Crippen molar-refractivity contribution in [3.63, 3.8) is 0 Å². The maximum atomic E-state index is 12.7. The molecule has 144 valence electrons. The lowest BCUT2D eigenvalue weighted by Crippen LogP contribution is -2.36. The highest BCUT2D eigenvalue weighted by Gasteiger charge is 2.30. The molecule has 2 heterocycles. The van der Waals surface area contributed by atoms with Gasteiger partial charge in [-0.1, -0.05) is 53.7 Å². The number of thioether (sulfide) groups is 1. The maximum absolute atomic E-state index is 12.7. The van der Waals surface area contributed by atoms with E-state index in [0.29, 0.717) is 21.9 Å². The summed E-state index contributed by atoms with van der Waals surface area (Å²) in [6, 6.07) is 15.3. The van der Waals surface area contributed by atoms with Gasteiger partial charge in [0, 0.05) is 11.7 Å². The minimum atomic E-state index is 0.0227. The number of nitrogens with zero attached hydrogens (tertiary/aromatic N) is 3. The van der Waals surface area contributed by atoms with Crippen LogP contribution in [0.4, 0.5) is 5.69 Å². The van der Waals surface area contributed by atoms with Crippen molar-refractivity contribution >= 4 is 35.0 Å². The van der Waals surface area contributed by atoms with Crippen molar-refractivity contribution in [2.45, 2.75) is 31.2 Å². The molecular formula is C20H18ClN3O3S. The van der Waals surface area contributed by atoms with Gasteiger partial charge in [-0.3, -0.25) is 4.79 Å². The second kappa shape index (κ2) is 8.24. The Bertz CT molecular complexity index is 994. The number of benzene rings is 2. The summed E-state index contributed by atoms with van der Waals surface area (Å²) < 4.78 is 11.1. The zero-order valence-electron chi connectivity index (χ0n) is 15.2. The van der Waals surface area contributed by atoms with Crippen LogP contribution < -0.4 is 9.64 Å². The number of para-hydroxylation sites is 2. The zero-order valence-corrected chi connectivity index (χ0v) is 16.7. The van der Waals surface area contributed by atoms with E-state index in [4.69, 9.17) is 20.8 Å². The van der Waals surface area contributed by atoms with Crippen LogP contribution in [0.5, 0.6) is 5.75 Å². The van der Waals surface area contributed by atoms with Gasteiger partial charge in [-0.15, -0.1) is 10.2 Å². The van der Waals surface area contributed by atoms with Gasteiger partial charge in [-0.05, 0) is 37.1 Å². The fourth-order valence-electron chi connectivity index (χ4n) is 3.19. The predicted molar refractivity (Wildman–Crippen MR) is 108 cm³/mol. The first-order valence-corrected chi connectivity index (χ1v) is 10.2. The first kappa shape index (κ1) is 18.8. The summed E-state index contributed by atoms with van der Waals surface area (Å²) in [5.74, 6) is 1.13. The zero-order chi connectivity index (χ0) is 19.5. The average molecular weight is 416 g/mol. The number of amides is 1. The van der Waals surface area contributed by atoms with E-state index >= 15 is 0 Å². The van der Waals surface area contributed by atoms with Gasteiger partial charge >= 0.3 is 0 Å². The molecule has 3 aromatic rings. The molecule has 1 amide bonds. The fraction of sp³-hybridized carbons (Fsp3) is 0.250. The van der Waals surface area contributed by atoms with Crippen LogP contribution in [0.1, 0.15) is 18.4 Å². The second-order valence-electron chi connectivity index (χ2n) is 6.42. The number of rotatable bonds is 6. The Labute approximate surface area is 171 Å². The molecule has 1 atom stereocenters. The second-order valence-corrected chi connectivity index (χ2v) is 7.75. The lowest BCUT2D eigenvalue weighted by atomic mass is 10.1. The number of ether oxygens (including phenoxy) is 1. The minimum absolute atomic E-state index is 0.0227. The normalized spacial score (nSPS) is 15.5. The summed E-state index contributed by atoms with van der Waals surface area (Å²) in [6.07, 6.45) is 0.872. The summed E-state index contributed by atoms with van der Waals surface area (Å²) in [6.45, 7) is 2.17. The van der Waals surface area contributed by atoms with Crippen molar-refractivity contribution in [3.05, 3.63) is 65.0 Å². The third-order valence-electron chi connectivity index (χ3n) is 4.43. The number of carbonyl (C=O) groups excluding carboxylic acids is 1. The van der Waals surface area contributed by atoms with E-state index in [9.17, 15) is 4.79 Å². The standard InChI is InChI=1S/C20H18ClN3O3S/c1-13-10-14-6-2-4-8-16(14)24(13)19(25)12-28-20-23-22-18(27-20)11-26-17-9-5-3-7-15(17)21/h2-9,13H,10-12H2,1H3/t13-/m1/s1. The van der Waals surface area contributed by atoms with Crippen LogP contribution in [0.25, 0.3) is 0 Å². The van der Waals surface area contributed by atoms with Gasteiger partial charge in [-0.25, -0.2) is 0 Å². The lowest BCUT2D eigenvalue weighted by Gasteiger charge is -2.22. The largest absolute Gasteiger partial charge is 0.482 e.